The van der Waals surface area contributed by atoms with Crippen LogP contribution in [0, 0.1) is 5.82 Å². The van der Waals surface area contributed by atoms with Gasteiger partial charge < -0.3 is 15.2 Å². The molecule has 33 heavy (non-hydrogen) atoms. The number of pyridine rings is 1. The van der Waals surface area contributed by atoms with Gasteiger partial charge >= 0.3 is 5.97 Å². The lowest BCUT2D eigenvalue weighted by Gasteiger charge is -2.17. The van der Waals surface area contributed by atoms with Gasteiger partial charge in [-0.15, -0.1) is 0 Å². The van der Waals surface area contributed by atoms with Crippen LogP contribution in [0.4, 0.5) is 10.2 Å². The molecule has 2 aromatic heterocycles. The summed E-state index contributed by atoms with van der Waals surface area (Å²) in [4.78, 5) is 16.1. The Morgan fingerprint density at radius 1 is 1.30 bits per heavy atom. The number of hydrogen-bond donors (Lipinski definition) is 2. The fourth-order valence-corrected chi connectivity index (χ4v) is 4.32. The molecule has 0 spiro atoms. The third kappa shape index (κ3) is 6.01. The second kappa shape index (κ2) is 10.2. The Hall–Kier alpha value is -3.13. The van der Waals surface area contributed by atoms with E-state index in [2.05, 4.69) is 21.5 Å². The van der Waals surface area contributed by atoms with Crippen molar-refractivity contribution >= 4 is 23.4 Å². The fraction of sp³-hybridized carbons (Fsp3) is 0.375. The lowest BCUT2D eigenvalue weighted by molar-refractivity contribution is -0.137. The van der Waals surface area contributed by atoms with Crippen LogP contribution in [0.25, 0.3) is 0 Å². The molecule has 0 radical (unpaired) electrons. The van der Waals surface area contributed by atoms with Crippen LogP contribution in [0.1, 0.15) is 41.3 Å². The standard InChI is InChI=1S/C24H26ClFN4O3/c1-30-22(33-8-6-20-5-4-15-3-2-7-27-24(15)28-20)14-21(29-30)11-17(12-23(31)32)16-9-18(25)13-19(26)10-16/h4-5,9-10,13-14,17H,2-3,6-8,11-12H2,1H3,(H,27,28)(H,31,32)/t17-/m0/s1. The number of benzene rings is 1. The molecule has 174 valence electrons. The number of carboxylic acids is 1. The Morgan fingerprint density at radius 3 is 2.94 bits per heavy atom. The summed E-state index contributed by atoms with van der Waals surface area (Å²) >= 11 is 5.97. The third-order valence-electron chi connectivity index (χ3n) is 5.68. The van der Waals surface area contributed by atoms with Gasteiger partial charge in [0.2, 0.25) is 5.88 Å². The Morgan fingerprint density at radius 2 is 2.15 bits per heavy atom. The van der Waals surface area contributed by atoms with Crippen LogP contribution in [0.15, 0.2) is 36.4 Å². The fourth-order valence-electron chi connectivity index (χ4n) is 4.09. The van der Waals surface area contributed by atoms with E-state index in [4.69, 9.17) is 16.3 Å². The van der Waals surface area contributed by atoms with Crippen LogP contribution in [-0.4, -0.2) is 39.0 Å². The lowest BCUT2D eigenvalue weighted by Crippen LogP contribution is -2.14. The zero-order valence-electron chi connectivity index (χ0n) is 18.4. The number of fused-ring (bicyclic) bond motifs is 1. The van der Waals surface area contributed by atoms with Gasteiger partial charge in [-0.05, 0) is 54.7 Å². The molecular weight excluding hydrogens is 447 g/mol. The monoisotopic (exact) mass is 472 g/mol. The summed E-state index contributed by atoms with van der Waals surface area (Å²) in [6, 6.07) is 10.1. The Labute approximate surface area is 196 Å². The van der Waals surface area contributed by atoms with Gasteiger partial charge in [0, 0.05) is 42.7 Å². The first kappa shape index (κ1) is 23.0. The van der Waals surface area contributed by atoms with Crippen molar-refractivity contribution in [1.29, 1.82) is 0 Å². The lowest BCUT2D eigenvalue weighted by atomic mass is 9.91. The number of aryl methyl sites for hydroxylation is 2. The molecule has 1 atom stereocenters. The summed E-state index contributed by atoms with van der Waals surface area (Å²) in [5.74, 6) is -0.398. The van der Waals surface area contributed by atoms with Crippen molar-refractivity contribution in [2.24, 2.45) is 7.05 Å². The number of carbonyl (C=O) groups is 1. The maximum absolute atomic E-state index is 13.8. The molecule has 0 unspecified atom stereocenters. The van der Waals surface area contributed by atoms with Gasteiger partial charge in [-0.3, -0.25) is 4.79 Å². The number of carboxylic acid groups (broad SMARTS) is 1. The third-order valence-corrected chi connectivity index (χ3v) is 5.90. The maximum atomic E-state index is 13.8. The van der Waals surface area contributed by atoms with E-state index >= 15 is 0 Å². The molecular formula is C24H26ClFN4O3. The first-order valence-electron chi connectivity index (χ1n) is 10.9. The molecule has 0 amide bonds. The van der Waals surface area contributed by atoms with E-state index in [9.17, 15) is 14.3 Å². The van der Waals surface area contributed by atoms with Crippen molar-refractivity contribution in [3.63, 3.8) is 0 Å². The van der Waals surface area contributed by atoms with E-state index in [-0.39, 0.29) is 11.4 Å². The van der Waals surface area contributed by atoms with Gasteiger partial charge in [0.05, 0.1) is 18.7 Å². The minimum absolute atomic E-state index is 0.162. The number of nitrogens with one attached hydrogen (secondary N) is 1. The van der Waals surface area contributed by atoms with Crippen LogP contribution < -0.4 is 10.1 Å². The number of halogens is 2. The molecule has 0 saturated heterocycles. The molecule has 4 rings (SSSR count). The average Bonchev–Trinajstić information content (AvgIpc) is 3.11. The van der Waals surface area contributed by atoms with Crippen LogP contribution in [-0.2, 0) is 31.1 Å². The molecule has 1 aliphatic heterocycles. The highest BCUT2D eigenvalue weighted by molar-refractivity contribution is 6.30. The van der Waals surface area contributed by atoms with E-state index in [0.29, 0.717) is 36.6 Å². The highest BCUT2D eigenvalue weighted by Gasteiger charge is 2.20. The van der Waals surface area contributed by atoms with Crippen molar-refractivity contribution in [2.45, 2.75) is 38.0 Å². The Kier molecular flexibility index (Phi) is 7.13. The molecule has 0 saturated carbocycles. The van der Waals surface area contributed by atoms with E-state index in [0.717, 1.165) is 30.9 Å². The largest absolute Gasteiger partial charge is 0.481 e. The summed E-state index contributed by atoms with van der Waals surface area (Å²) in [6.45, 7) is 1.38. The van der Waals surface area contributed by atoms with E-state index in [1.807, 2.05) is 6.07 Å². The summed E-state index contributed by atoms with van der Waals surface area (Å²) in [6.07, 6.45) is 2.99. The van der Waals surface area contributed by atoms with Crippen LogP contribution in [0.3, 0.4) is 0 Å². The van der Waals surface area contributed by atoms with E-state index in [1.54, 1.807) is 23.9 Å². The molecule has 0 aliphatic carbocycles. The first-order valence-corrected chi connectivity index (χ1v) is 11.3. The maximum Gasteiger partial charge on any atom is 0.303 e. The number of anilines is 1. The quantitative estimate of drug-likeness (QED) is 0.480. The number of nitrogens with zero attached hydrogens (tertiary/aromatic N) is 3. The van der Waals surface area contributed by atoms with E-state index < -0.39 is 17.7 Å². The van der Waals surface area contributed by atoms with Gasteiger partial charge in [-0.25, -0.2) is 14.1 Å². The van der Waals surface area contributed by atoms with Gasteiger partial charge in [0.15, 0.2) is 0 Å². The second-order valence-corrected chi connectivity index (χ2v) is 8.67. The zero-order chi connectivity index (χ0) is 23.4. The second-order valence-electron chi connectivity index (χ2n) is 8.24. The van der Waals surface area contributed by atoms with Crippen molar-refractivity contribution in [2.75, 3.05) is 18.5 Å². The molecule has 3 heterocycles. The number of rotatable bonds is 9. The van der Waals surface area contributed by atoms with Gasteiger partial charge in [-0.1, -0.05) is 17.7 Å². The number of aromatic nitrogens is 3. The summed E-state index contributed by atoms with van der Waals surface area (Å²) in [5, 5.41) is 17.4. The van der Waals surface area contributed by atoms with E-state index in [1.165, 1.54) is 17.7 Å². The average molecular weight is 473 g/mol. The minimum atomic E-state index is -0.972. The number of aliphatic carboxylic acids is 1. The molecule has 9 heteroatoms. The summed E-state index contributed by atoms with van der Waals surface area (Å²) < 4.78 is 21.4. The molecule has 0 fully saturated rings. The van der Waals surface area contributed by atoms with Crippen LogP contribution >= 0.6 is 11.6 Å². The summed E-state index contributed by atoms with van der Waals surface area (Å²) in [5.41, 5.74) is 3.39. The van der Waals surface area contributed by atoms with Gasteiger partial charge in [0.1, 0.15) is 11.6 Å². The number of ether oxygens (including phenoxy) is 1. The van der Waals surface area contributed by atoms with Crippen molar-refractivity contribution in [3.8, 4) is 5.88 Å². The highest BCUT2D eigenvalue weighted by atomic mass is 35.5. The molecule has 7 nitrogen and oxygen atoms in total. The minimum Gasteiger partial charge on any atom is -0.481 e. The van der Waals surface area contributed by atoms with Crippen LogP contribution in [0.5, 0.6) is 5.88 Å². The first-order chi connectivity index (χ1) is 15.9. The zero-order valence-corrected chi connectivity index (χ0v) is 19.1. The van der Waals surface area contributed by atoms with Gasteiger partial charge in [-0.2, -0.15) is 5.10 Å². The van der Waals surface area contributed by atoms with Crippen molar-refractivity contribution in [3.05, 3.63) is 69.8 Å². The predicted molar refractivity (Wildman–Crippen MR) is 124 cm³/mol. The highest BCUT2D eigenvalue weighted by Crippen LogP contribution is 2.28. The number of hydrogen-bond acceptors (Lipinski definition) is 5. The molecule has 3 aromatic rings. The predicted octanol–water partition coefficient (Wildman–Crippen LogP) is 4.39. The van der Waals surface area contributed by atoms with Crippen LogP contribution in [0.2, 0.25) is 5.02 Å². The summed E-state index contributed by atoms with van der Waals surface area (Å²) in [7, 11) is 1.77. The topological polar surface area (TPSA) is 89.3 Å². The SMILES string of the molecule is Cn1nc(C[C@@H](CC(=O)O)c2cc(F)cc(Cl)c2)cc1OCCc1ccc2c(n1)NCCC2. The molecule has 1 aromatic carbocycles. The normalized spacial score (nSPS) is 13.8. The Bertz CT molecular complexity index is 1130. The van der Waals surface area contributed by atoms with Crippen molar-refractivity contribution < 1.29 is 19.0 Å². The Balaban J connectivity index is 1.40. The smallest absolute Gasteiger partial charge is 0.303 e. The molecule has 1 aliphatic rings. The van der Waals surface area contributed by atoms with Gasteiger partial charge in [0.25, 0.3) is 0 Å². The molecule has 2 N–H and O–H groups in total. The molecule has 0 bridgehead atoms. The van der Waals surface area contributed by atoms with Crippen molar-refractivity contribution in [1.82, 2.24) is 14.8 Å².